The van der Waals surface area contributed by atoms with Gasteiger partial charge in [0.2, 0.25) is 0 Å². The summed E-state index contributed by atoms with van der Waals surface area (Å²) >= 11 is 0. The van der Waals surface area contributed by atoms with Crippen LogP contribution in [-0.4, -0.2) is 48.8 Å². The number of nitrogens with zero attached hydrogens (tertiary/aromatic N) is 3. The first-order valence-electron chi connectivity index (χ1n) is 10.1. The fourth-order valence-corrected chi connectivity index (χ4v) is 4.58. The van der Waals surface area contributed by atoms with Crippen LogP contribution < -0.4 is 10.2 Å². The van der Waals surface area contributed by atoms with Gasteiger partial charge in [-0.2, -0.15) is 13.2 Å². The van der Waals surface area contributed by atoms with Gasteiger partial charge in [-0.15, -0.1) is 0 Å². The molecule has 0 aliphatic carbocycles. The number of carbonyl (C=O) groups excluding carboxylic acids is 2. The number of nitrogens with one attached hydrogen (secondary N) is 1. The summed E-state index contributed by atoms with van der Waals surface area (Å²) in [5.41, 5.74) is -3.23. The molecule has 1 N–H and O–H groups in total. The van der Waals surface area contributed by atoms with Crippen molar-refractivity contribution in [2.24, 2.45) is 0 Å². The largest absolute Gasteiger partial charge is 0.501 e. The second-order valence-corrected chi connectivity index (χ2v) is 9.57. The average Bonchev–Trinajstić information content (AvgIpc) is 3.01. The number of sulfone groups is 1. The van der Waals surface area contributed by atoms with E-state index in [4.69, 9.17) is 0 Å². The Labute approximate surface area is 192 Å². The first kappa shape index (κ1) is 23.5. The molecule has 0 radical (unpaired) electrons. The Hall–Kier alpha value is -3.67. The number of imide groups is 1. The highest BCUT2D eigenvalue weighted by Crippen LogP contribution is 2.33. The summed E-state index contributed by atoms with van der Waals surface area (Å²) in [6.07, 6.45) is 1.60. The van der Waals surface area contributed by atoms with Gasteiger partial charge in [0.15, 0.2) is 0 Å². The van der Waals surface area contributed by atoms with Crippen molar-refractivity contribution in [3.05, 3.63) is 60.3 Å². The van der Waals surface area contributed by atoms with E-state index in [2.05, 4.69) is 10.3 Å². The van der Waals surface area contributed by atoms with Crippen LogP contribution in [0.2, 0.25) is 0 Å². The lowest BCUT2D eigenvalue weighted by Crippen LogP contribution is -2.33. The van der Waals surface area contributed by atoms with Crippen LogP contribution in [0, 0.1) is 0 Å². The summed E-state index contributed by atoms with van der Waals surface area (Å²) in [4.78, 5) is 31.6. The molecule has 178 valence electrons. The lowest BCUT2D eigenvalue weighted by molar-refractivity contribution is -0.119. The van der Waals surface area contributed by atoms with Crippen LogP contribution in [0.15, 0.2) is 59.6 Å². The third kappa shape index (κ3) is 3.73. The second-order valence-electron chi connectivity index (χ2n) is 7.62. The van der Waals surface area contributed by atoms with Crippen molar-refractivity contribution < 1.29 is 31.2 Å². The zero-order valence-corrected chi connectivity index (χ0v) is 18.8. The fourth-order valence-electron chi connectivity index (χ4n) is 3.82. The zero-order valence-electron chi connectivity index (χ0n) is 18.0. The molecule has 8 nitrogen and oxygen atoms in total. The highest BCUT2D eigenvalue weighted by atomic mass is 32.2. The number of para-hydroxylation sites is 1. The molecule has 34 heavy (non-hydrogen) atoms. The molecular formula is C22H19F3N4O4S. The topological polar surface area (TPSA) is 99.7 Å². The van der Waals surface area contributed by atoms with Crippen LogP contribution in [0.5, 0.6) is 0 Å². The van der Waals surface area contributed by atoms with E-state index in [1.165, 1.54) is 4.90 Å². The standard InChI is InChI=1S/C22H19F3N4O4S/c1-13-20(30)29(15-6-8-16(9-7-15)34(32,33)22(23,24)25)21(31)28(13)12-14-10-11-27-19-17(14)4-3-5-18(19)26-2/h3-11,13,26H,12H2,1-2H3. The lowest BCUT2D eigenvalue weighted by atomic mass is 10.1. The molecule has 1 atom stereocenters. The van der Waals surface area contributed by atoms with Gasteiger partial charge < -0.3 is 10.2 Å². The number of rotatable bonds is 5. The number of carbonyl (C=O) groups is 2. The van der Waals surface area contributed by atoms with Crippen molar-refractivity contribution in [3.8, 4) is 0 Å². The summed E-state index contributed by atoms with van der Waals surface area (Å²) in [6, 6.07) is 9.23. The Morgan fingerprint density at radius 3 is 2.35 bits per heavy atom. The predicted octanol–water partition coefficient (Wildman–Crippen LogP) is 3.93. The monoisotopic (exact) mass is 492 g/mol. The molecule has 1 saturated heterocycles. The molecule has 12 heteroatoms. The number of urea groups is 1. The maximum Gasteiger partial charge on any atom is 0.501 e. The van der Waals surface area contributed by atoms with Crippen LogP contribution in [0.25, 0.3) is 10.9 Å². The fraction of sp³-hybridized carbons (Fsp3) is 0.227. The van der Waals surface area contributed by atoms with E-state index in [9.17, 15) is 31.2 Å². The van der Waals surface area contributed by atoms with Crippen LogP contribution in [-0.2, 0) is 21.2 Å². The third-order valence-electron chi connectivity index (χ3n) is 5.66. The third-order valence-corrected chi connectivity index (χ3v) is 7.17. The number of halogens is 3. The normalized spacial score (nSPS) is 17.0. The number of alkyl halides is 3. The average molecular weight is 492 g/mol. The molecule has 1 fully saturated rings. The van der Waals surface area contributed by atoms with Gasteiger partial charge in [0.25, 0.3) is 15.7 Å². The van der Waals surface area contributed by atoms with Crippen LogP contribution >= 0.6 is 0 Å². The highest BCUT2D eigenvalue weighted by Gasteiger charge is 2.47. The predicted molar refractivity (Wildman–Crippen MR) is 119 cm³/mol. The Morgan fingerprint density at radius 1 is 1.06 bits per heavy atom. The van der Waals surface area contributed by atoms with E-state index >= 15 is 0 Å². The van der Waals surface area contributed by atoms with E-state index in [-0.39, 0.29) is 12.2 Å². The maximum atomic E-state index is 13.1. The van der Waals surface area contributed by atoms with Crippen molar-refractivity contribution in [2.75, 3.05) is 17.3 Å². The first-order chi connectivity index (χ1) is 16.0. The Kier molecular flexibility index (Phi) is 5.72. The van der Waals surface area contributed by atoms with Gasteiger partial charge in [0.05, 0.1) is 21.8 Å². The molecule has 3 aromatic rings. The number of pyridine rings is 1. The molecule has 2 heterocycles. The van der Waals surface area contributed by atoms with Crippen LogP contribution in [0.4, 0.5) is 29.3 Å². The Morgan fingerprint density at radius 2 is 1.74 bits per heavy atom. The van der Waals surface area contributed by atoms with Crippen molar-refractivity contribution in [2.45, 2.75) is 29.9 Å². The summed E-state index contributed by atoms with van der Waals surface area (Å²) in [5, 5.41) is 3.84. The minimum absolute atomic E-state index is 0.0254. The van der Waals surface area contributed by atoms with Crippen molar-refractivity contribution in [1.82, 2.24) is 9.88 Å². The smallest absolute Gasteiger partial charge is 0.386 e. The number of anilines is 2. The minimum atomic E-state index is -5.54. The SMILES string of the molecule is CNc1cccc2c(CN3C(=O)N(c4ccc(S(=O)(=O)C(F)(F)F)cc4)C(=O)C3C)ccnc12. The second kappa shape index (κ2) is 8.28. The number of hydrogen-bond acceptors (Lipinski definition) is 6. The van der Waals surface area contributed by atoms with Gasteiger partial charge in [-0.3, -0.25) is 9.78 Å². The van der Waals surface area contributed by atoms with Crippen LogP contribution in [0.3, 0.4) is 0 Å². The van der Waals surface area contributed by atoms with E-state index < -0.39 is 38.2 Å². The molecule has 4 rings (SSSR count). The first-order valence-corrected chi connectivity index (χ1v) is 11.6. The van der Waals surface area contributed by atoms with E-state index in [0.29, 0.717) is 5.52 Å². The van der Waals surface area contributed by atoms with E-state index in [1.54, 1.807) is 26.2 Å². The minimum Gasteiger partial charge on any atom is -0.386 e. The maximum absolute atomic E-state index is 13.1. The Balaban J connectivity index is 1.64. The molecule has 1 unspecified atom stereocenters. The van der Waals surface area contributed by atoms with Crippen LogP contribution in [0.1, 0.15) is 12.5 Å². The molecule has 2 aromatic carbocycles. The lowest BCUT2D eigenvalue weighted by Gasteiger charge is -2.20. The van der Waals surface area contributed by atoms with Gasteiger partial charge in [-0.1, -0.05) is 12.1 Å². The van der Waals surface area contributed by atoms with Crippen molar-refractivity contribution in [1.29, 1.82) is 0 Å². The summed E-state index contributed by atoms with van der Waals surface area (Å²) in [5.74, 6) is -0.578. The molecule has 3 amide bonds. The molecule has 1 aliphatic heterocycles. The van der Waals surface area contributed by atoms with Gasteiger partial charge >= 0.3 is 11.5 Å². The zero-order chi connectivity index (χ0) is 24.8. The molecule has 1 aromatic heterocycles. The summed E-state index contributed by atoms with van der Waals surface area (Å²) < 4.78 is 61.5. The van der Waals surface area contributed by atoms with Gasteiger partial charge in [0, 0.05) is 25.2 Å². The molecule has 1 aliphatic rings. The quantitative estimate of drug-likeness (QED) is 0.542. The van der Waals surface area contributed by atoms with E-state index in [0.717, 1.165) is 45.8 Å². The van der Waals surface area contributed by atoms with Gasteiger partial charge in [-0.05, 0) is 48.9 Å². The molecule has 0 bridgehead atoms. The number of fused-ring (bicyclic) bond motifs is 1. The Bertz CT molecular complexity index is 1390. The van der Waals surface area contributed by atoms with E-state index in [1.807, 2.05) is 18.2 Å². The number of aromatic nitrogens is 1. The van der Waals surface area contributed by atoms with Gasteiger partial charge in [-0.25, -0.2) is 18.1 Å². The molecular weight excluding hydrogens is 473 g/mol. The number of hydrogen-bond donors (Lipinski definition) is 1. The molecule has 0 saturated carbocycles. The highest BCUT2D eigenvalue weighted by molar-refractivity contribution is 7.92. The van der Waals surface area contributed by atoms with Crippen molar-refractivity contribution >= 4 is 44.1 Å². The van der Waals surface area contributed by atoms with Crippen molar-refractivity contribution in [3.63, 3.8) is 0 Å². The number of benzene rings is 2. The molecule has 0 spiro atoms. The number of amides is 3. The summed E-state index contributed by atoms with van der Waals surface area (Å²) in [6.45, 7) is 1.64. The summed E-state index contributed by atoms with van der Waals surface area (Å²) in [7, 11) is -3.78. The van der Waals surface area contributed by atoms with Gasteiger partial charge in [0.1, 0.15) is 6.04 Å².